The van der Waals surface area contributed by atoms with E-state index in [1.165, 1.54) is 0 Å². The zero-order chi connectivity index (χ0) is 13.5. The van der Waals surface area contributed by atoms with Crippen molar-refractivity contribution in [1.82, 2.24) is 20.0 Å². The molecule has 0 aliphatic heterocycles. The molecule has 1 heterocycles. The molecule has 0 spiro atoms. The minimum absolute atomic E-state index is 0.0118. The SMILES string of the molecule is CNCC(C)C(=O)Nc1ccn(CCN(C)C)n1. The Morgan fingerprint density at radius 2 is 2.28 bits per heavy atom. The number of amides is 1. The van der Waals surface area contributed by atoms with Crippen molar-refractivity contribution in [1.29, 1.82) is 0 Å². The maximum atomic E-state index is 11.8. The third kappa shape index (κ3) is 4.85. The fourth-order valence-electron chi connectivity index (χ4n) is 1.50. The van der Waals surface area contributed by atoms with Crippen molar-refractivity contribution in [3.63, 3.8) is 0 Å². The lowest BCUT2D eigenvalue weighted by Crippen LogP contribution is -2.28. The van der Waals surface area contributed by atoms with Crippen LogP contribution in [0.15, 0.2) is 12.3 Å². The molecule has 102 valence electrons. The van der Waals surface area contributed by atoms with Crippen LogP contribution in [0.2, 0.25) is 0 Å². The first-order chi connectivity index (χ1) is 8.52. The second-order valence-corrected chi connectivity index (χ2v) is 4.72. The second kappa shape index (κ2) is 7.13. The van der Waals surface area contributed by atoms with E-state index in [0.717, 1.165) is 13.1 Å². The number of hydrogen-bond donors (Lipinski definition) is 2. The molecule has 1 amide bonds. The molecule has 0 saturated carbocycles. The van der Waals surface area contributed by atoms with E-state index in [0.29, 0.717) is 12.4 Å². The van der Waals surface area contributed by atoms with E-state index in [1.54, 1.807) is 0 Å². The van der Waals surface area contributed by atoms with Gasteiger partial charge in [-0.05, 0) is 21.1 Å². The summed E-state index contributed by atoms with van der Waals surface area (Å²) >= 11 is 0. The zero-order valence-electron chi connectivity index (χ0n) is 11.6. The number of likely N-dealkylation sites (N-methyl/N-ethyl adjacent to an activating group) is 1. The summed E-state index contributed by atoms with van der Waals surface area (Å²) in [6.07, 6.45) is 1.88. The van der Waals surface area contributed by atoms with Crippen LogP contribution in [0.3, 0.4) is 0 Å². The van der Waals surface area contributed by atoms with Gasteiger partial charge in [0.25, 0.3) is 0 Å². The van der Waals surface area contributed by atoms with Gasteiger partial charge in [-0.25, -0.2) is 0 Å². The Kier molecular flexibility index (Phi) is 5.80. The van der Waals surface area contributed by atoms with Crippen LogP contribution < -0.4 is 10.6 Å². The molecule has 0 aliphatic carbocycles. The minimum atomic E-state index is -0.0677. The van der Waals surface area contributed by atoms with Gasteiger partial charge < -0.3 is 15.5 Å². The van der Waals surface area contributed by atoms with E-state index in [4.69, 9.17) is 0 Å². The van der Waals surface area contributed by atoms with Gasteiger partial charge in [0, 0.05) is 31.3 Å². The summed E-state index contributed by atoms with van der Waals surface area (Å²) < 4.78 is 1.83. The predicted octanol–water partition coefficient (Wildman–Crippen LogP) is 0.239. The molecule has 1 rings (SSSR count). The van der Waals surface area contributed by atoms with Gasteiger partial charge in [-0.2, -0.15) is 5.10 Å². The predicted molar refractivity (Wildman–Crippen MR) is 72.5 cm³/mol. The van der Waals surface area contributed by atoms with Crippen LogP contribution >= 0.6 is 0 Å². The molecule has 2 N–H and O–H groups in total. The van der Waals surface area contributed by atoms with Crippen LogP contribution in [-0.4, -0.2) is 54.8 Å². The topological polar surface area (TPSA) is 62.2 Å². The van der Waals surface area contributed by atoms with Crippen molar-refractivity contribution in [2.75, 3.05) is 39.5 Å². The van der Waals surface area contributed by atoms with Crippen molar-refractivity contribution >= 4 is 11.7 Å². The van der Waals surface area contributed by atoms with Crippen molar-refractivity contribution in [3.05, 3.63) is 12.3 Å². The lowest BCUT2D eigenvalue weighted by Gasteiger charge is -2.10. The summed E-state index contributed by atoms with van der Waals surface area (Å²) in [5.41, 5.74) is 0. The van der Waals surface area contributed by atoms with E-state index in [2.05, 4.69) is 20.6 Å². The highest BCUT2D eigenvalue weighted by Crippen LogP contribution is 2.05. The number of rotatable bonds is 7. The van der Waals surface area contributed by atoms with E-state index in [9.17, 15) is 4.79 Å². The molecule has 0 bridgehead atoms. The van der Waals surface area contributed by atoms with Crippen molar-refractivity contribution in [2.24, 2.45) is 5.92 Å². The molecule has 0 fully saturated rings. The Balaban J connectivity index is 2.45. The maximum Gasteiger partial charge on any atom is 0.229 e. The second-order valence-electron chi connectivity index (χ2n) is 4.72. The van der Waals surface area contributed by atoms with E-state index in [1.807, 2.05) is 45.0 Å². The smallest absolute Gasteiger partial charge is 0.229 e. The summed E-state index contributed by atoms with van der Waals surface area (Å²) in [4.78, 5) is 13.9. The molecule has 1 aromatic rings. The normalized spacial score (nSPS) is 12.7. The fourth-order valence-corrected chi connectivity index (χ4v) is 1.50. The quantitative estimate of drug-likeness (QED) is 0.730. The first kappa shape index (κ1) is 14.7. The molecule has 1 aromatic heterocycles. The van der Waals surface area contributed by atoms with Gasteiger partial charge in [0.05, 0.1) is 6.54 Å². The van der Waals surface area contributed by atoms with Gasteiger partial charge in [0.1, 0.15) is 0 Å². The van der Waals surface area contributed by atoms with Crippen LogP contribution in [0, 0.1) is 5.92 Å². The third-order valence-electron chi connectivity index (χ3n) is 2.63. The van der Waals surface area contributed by atoms with Crippen LogP contribution in [0.25, 0.3) is 0 Å². The molecule has 18 heavy (non-hydrogen) atoms. The zero-order valence-corrected chi connectivity index (χ0v) is 11.6. The Morgan fingerprint density at radius 1 is 1.56 bits per heavy atom. The molecule has 0 aliphatic rings. The summed E-state index contributed by atoms with van der Waals surface area (Å²) in [6, 6.07) is 1.82. The number of hydrogen-bond acceptors (Lipinski definition) is 4. The Labute approximate surface area is 108 Å². The van der Waals surface area contributed by atoms with Crippen LogP contribution in [0.1, 0.15) is 6.92 Å². The van der Waals surface area contributed by atoms with E-state index in [-0.39, 0.29) is 11.8 Å². The highest BCUT2D eigenvalue weighted by Gasteiger charge is 2.12. The Bertz CT molecular complexity index is 374. The highest BCUT2D eigenvalue weighted by atomic mass is 16.2. The average Bonchev–Trinajstić information content (AvgIpc) is 2.74. The van der Waals surface area contributed by atoms with Gasteiger partial charge in [-0.1, -0.05) is 6.92 Å². The van der Waals surface area contributed by atoms with Crippen LogP contribution in [-0.2, 0) is 11.3 Å². The number of carbonyl (C=O) groups excluding carboxylic acids is 1. The minimum Gasteiger partial charge on any atom is -0.319 e. The number of nitrogens with one attached hydrogen (secondary N) is 2. The number of anilines is 1. The Morgan fingerprint density at radius 3 is 2.89 bits per heavy atom. The summed E-state index contributed by atoms with van der Waals surface area (Å²) in [6.45, 7) is 4.28. The van der Waals surface area contributed by atoms with Crippen molar-refractivity contribution < 1.29 is 4.79 Å². The van der Waals surface area contributed by atoms with Crippen LogP contribution in [0.4, 0.5) is 5.82 Å². The molecular formula is C12H23N5O. The van der Waals surface area contributed by atoms with Crippen molar-refractivity contribution in [2.45, 2.75) is 13.5 Å². The molecule has 1 atom stereocenters. The number of nitrogens with zero attached hydrogens (tertiary/aromatic N) is 3. The monoisotopic (exact) mass is 253 g/mol. The summed E-state index contributed by atoms with van der Waals surface area (Å²) in [5, 5.41) is 10.1. The first-order valence-corrected chi connectivity index (χ1v) is 6.16. The highest BCUT2D eigenvalue weighted by molar-refractivity contribution is 5.91. The van der Waals surface area contributed by atoms with Gasteiger partial charge in [0.15, 0.2) is 5.82 Å². The fraction of sp³-hybridized carbons (Fsp3) is 0.667. The lowest BCUT2D eigenvalue weighted by atomic mass is 10.1. The van der Waals surface area contributed by atoms with E-state index >= 15 is 0 Å². The molecular weight excluding hydrogens is 230 g/mol. The number of carbonyl (C=O) groups is 1. The summed E-state index contributed by atoms with van der Waals surface area (Å²) in [5.74, 6) is 0.533. The number of aromatic nitrogens is 2. The molecule has 1 unspecified atom stereocenters. The van der Waals surface area contributed by atoms with E-state index < -0.39 is 0 Å². The lowest BCUT2D eigenvalue weighted by molar-refractivity contribution is -0.119. The first-order valence-electron chi connectivity index (χ1n) is 6.16. The molecule has 6 heteroatoms. The average molecular weight is 253 g/mol. The maximum absolute atomic E-state index is 11.8. The van der Waals surface area contributed by atoms with Gasteiger partial charge >= 0.3 is 0 Å². The molecule has 0 radical (unpaired) electrons. The van der Waals surface area contributed by atoms with Gasteiger partial charge in [-0.3, -0.25) is 9.48 Å². The van der Waals surface area contributed by atoms with Gasteiger partial charge in [0.2, 0.25) is 5.91 Å². The van der Waals surface area contributed by atoms with Gasteiger partial charge in [-0.15, -0.1) is 0 Å². The van der Waals surface area contributed by atoms with Crippen molar-refractivity contribution in [3.8, 4) is 0 Å². The Hall–Kier alpha value is -1.40. The summed E-state index contributed by atoms with van der Waals surface area (Å²) in [7, 11) is 5.87. The molecule has 0 aromatic carbocycles. The third-order valence-corrected chi connectivity index (χ3v) is 2.63. The molecule has 6 nitrogen and oxygen atoms in total. The van der Waals surface area contributed by atoms with Crippen LogP contribution in [0.5, 0.6) is 0 Å². The largest absolute Gasteiger partial charge is 0.319 e. The molecule has 0 saturated heterocycles. The standard InChI is InChI=1S/C12H23N5O/c1-10(9-13-2)12(18)14-11-5-6-17(15-11)8-7-16(3)4/h5-6,10,13H,7-9H2,1-4H3,(H,14,15,18).